The second kappa shape index (κ2) is 12.4. The van der Waals surface area contributed by atoms with E-state index >= 15 is 0 Å². The molecular weight excluding hydrogens is 515 g/mol. The zero-order chi connectivity index (χ0) is 29.2. The Hall–Kier alpha value is -2.84. The van der Waals surface area contributed by atoms with Gasteiger partial charge in [0.1, 0.15) is 5.75 Å². The highest BCUT2D eigenvalue weighted by molar-refractivity contribution is 5.98. The predicted octanol–water partition coefficient (Wildman–Crippen LogP) is 5.33. The normalized spacial score (nSPS) is 30.1. The lowest BCUT2D eigenvalue weighted by Crippen LogP contribution is -2.52. The molecule has 3 N–H and O–H groups in total. The number of carbonyl (C=O) groups is 3. The van der Waals surface area contributed by atoms with E-state index in [0.29, 0.717) is 31.6 Å². The summed E-state index contributed by atoms with van der Waals surface area (Å²) in [5.74, 6) is -1.31. The summed E-state index contributed by atoms with van der Waals surface area (Å²) in [6, 6.07) is 2.28. The van der Waals surface area contributed by atoms with E-state index in [2.05, 4.69) is 31.4 Å². The predicted molar refractivity (Wildman–Crippen MR) is 149 cm³/mol. The molecule has 0 aromatic heterocycles. The quantitative estimate of drug-likeness (QED) is 0.337. The van der Waals surface area contributed by atoms with Crippen LogP contribution in [0.1, 0.15) is 95.8 Å². The van der Waals surface area contributed by atoms with Gasteiger partial charge < -0.3 is 25.2 Å². The van der Waals surface area contributed by atoms with Gasteiger partial charge in [-0.1, -0.05) is 26.7 Å². The van der Waals surface area contributed by atoms with E-state index in [-0.39, 0.29) is 58.9 Å². The number of ether oxygens (including phenoxy) is 2. The van der Waals surface area contributed by atoms with Crippen LogP contribution in [0.4, 0.5) is 4.39 Å². The average molecular weight is 561 g/mol. The van der Waals surface area contributed by atoms with Crippen LogP contribution >= 0.6 is 0 Å². The molecule has 3 saturated carbocycles. The van der Waals surface area contributed by atoms with Gasteiger partial charge >= 0.3 is 5.97 Å². The lowest BCUT2D eigenvalue weighted by molar-refractivity contribution is -0.150. The first-order valence-corrected chi connectivity index (χ1v) is 14.9. The highest BCUT2D eigenvalue weighted by atomic mass is 19.1. The third kappa shape index (κ3) is 6.08. The molecule has 2 bridgehead atoms. The Bertz CT molecular complexity index is 1100. The lowest BCUT2D eigenvalue weighted by atomic mass is 9.75. The molecule has 1 aromatic rings. The molecule has 3 aliphatic rings. The van der Waals surface area contributed by atoms with Crippen molar-refractivity contribution < 1.29 is 33.4 Å². The number of carboxylic acid groups (broad SMARTS) is 1. The zero-order valence-corrected chi connectivity index (χ0v) is 24.4. The van der Waals surface area contributed by atoms with Crippen molar-refractivity contribution in [3.8, 4) is 11.5 Å². The maximum absolute atomic E-state index is 15.0. The van der Waals surface area contributed by atoms with Gasteiger partial charge in [-0.05, 0) is 82.6 Å². The fourth-order valence-electron chi connectivity index (χ4n) is 7.25. The van der Waals surface area contributed by atoms with Crippen molar-refractivity contribution in [3.63, 3.8) is 0 Å². The van der Waals surface area contributed by atoms with E-state index in [1.54, 1.807) is 6.92 Å². The lowest BCUT2D eigenvalue weighted by Gasteiger charge is -2.34. The molecule has 0 saturated heterocycles. The fraction of sp³-hybridized carbons (Fsp3) is 0.710. The number of nitrogens with one attached hydrogen (secondary N) is 2. The number of aliphatic carboxylic acids is 1. The first-order valence-electron chi connectivity index (χ1n) is 14.9. The van der Waals surface area contributed by atoms with Crippen molar-refractivity contribution in [2.45, 2.75) is 104 Å². The van der Waals surface area contributed by atoms with Crippen molar-refractivity contribution in [2.75, 3.05) is 7.11 Å². The zero-order valence-electron chi connectivity index (χ0n) is 24.4. The second-order valence-corrected chi connectivity index (χ2v) is 12.4. The summed E-state index contributed by atoms with van der Waals surface area (Å²) in [6.07, 6.45) is 6.31. The summed E-state index contributed by atoms with van der Waals surface area (Å²) in [5, 5.41) is 15.8. The molecular formula is C31H45FN2O6. The Labute approximate surface area is 236 Å². The Balaban J connectivity index is 1.48. The molecule has 4 rings (SSSR count). The number of rotatable bonds is 11. The molecule has 0 aliphatic heterocycles. The van der Waals surface area contributed by atoms with Crippen molar-refractivity contribution in [1.29, 1.82) is 0 Å². The van der Waals surface area contributed by atoms with Crippen LogP contribution in [0.5, 0.6) is 11.5 Å². The van der Waals surface area contributed by atoms with E-state index in [9.17, 15) is 23.9 Å². The fourth-order valence-corrected chi connectivity index (χ4v) is 7.25. The third-order valence-electron chi connectivity index (χ3n) is 9.99. The van der Waals surface area contributed by atoms with Gasteiger partial charge in [-0.25, -0.2) is 4.39 Å². The highest BCUT2D eigenvalue weighted by Gasteiger charge is 2.51. The van der Waals surface area contributed by atoms with Crippen molar-refractivity contribution in [3.05, 3.63) is 23.5 Å². The number of hydrogen-bond acceptors (Lipinski definition) is 5. The minimum Gasteiger partial charge on any atom is -0.496 e. The molecule has 3 aliphatic carbocycles. The Morgan fingerprint density at radius 3 is 2.33 bits per heavy atom. The van der Waals surface area contributed by atoms with Gasteiger partial charge in [-0.3, -0.25) is 14.4 Å². The van der Waals surface area contributed by atoms with Crippen LogP contribution in [0.15, 0.2) is 12.1 Å². The minimum atomic E-state index is -0.835. The molecule has 9 heteroatoms. The first kappa shape index (κ1) is 30.1. The largest absolute Gasteiger partial charge is 0.496 e. The molecule has 40 heavy (non-hydrogen) atoms. The number of hydrogen-bond donors (Lipinski definition) is 3. The maximum Gasteiger partial charge on any atom is 0.309 e. The topological polar surface area (TPSA) is 114 Å². The summed E-state index contributed by atoms with van der Waals surface area (Å²) in [7, 11) is 1.38. The molecule has 5 unspecified atom stereocenters. The summed E-state index contributed by atoms with van der Waals surface area (Å²) < 4.78 is 26.3. The highest BCUT2D eigenvalue weighted by Crippen LogP contribution is 2.49. The number of methoxy groups -OCH3 is 1. The van der Waals surface area contributed by atoms with Crippen molar-refractivity contribution in [1.82, 2.24) is 10.6 Å². The standard InChI is InChI=1S/C31H45FN2O6/c1-6-18(7-2)17(3)33-29(36)26-19-8-9-20(14-19)27(26)34-28(35)22-15-25(23(32)16-24(22)39-5)40-21-10-12-31(4,13-11-21)30(37)38/h15-21,26-27H,6-14H2,1-5H3,(H,33,36)(H,34,35)(H,37,38). The molecule has 1 aromatic carbocycles. The van der Waals surface area contributed by atoms with Crippen LogP contribution in [-0.2, 0) is 9.59 Å². The Kier molecular flexibility index (Phi) is 9.30. The molecule has 8 nitrogen and oxygen atoms in total. The van der Waals surface area contributed by atoms with Crippen LogP contribution in [0.2, 0.25) is 0 Å². The number of amides is 2. The number of carbonyl (C=O) groups excluding carboxylic acids is 2. The van der Waals surface area contributed by atoms with Crippen LogP contribution in [0, 0.1) is 34.9 Å². The molecule has 0 radical (unpaired) electrons. The van der Waals surface area contributed by atoms with E-state index in [1.165, 1.54) is 13.2 Å². The number of fused-ring (bicyclic) bond motifs is 2. The molecule has 3 fully saturated rings. The SMILES string of the molecule is CCC(CC)C(C)NC(=O)C1C2CCC(C2)C1NC(=O)c1cc(OC2CCC(C)(C(=O)O)CC2)c(F)cc1OC. The monoisotopic (exact) mass is 560 g/mol. The van der Waals surface area contributed by atoms with Gasteiger partial charge in [0.15, 0.2) is 11.6 Å². The van der Waals surface area contributed by atoms with E-state index in [4.69, 9.17) is 9.47 Å². The van der Waals surface area contributed by atoms with Gasteiger partial charge in [0.25, 0.3) is 5.91 Å². The van der Waals surface area contributed by atoms with Gasteiger partial charge in [0.2, 0.25) is 5.91 Å². The van der Waals surface area contributed by atoms with E-state index in [1.807, 2.05) is 0 Å². The number of benzene rings is 1. The van der Waals surface area contributed by atoms with Gasteiger partial charge in [0.05, 0.1) is 30.1 Å². The van der Waals surface area contributed by atoms with Gasteiger partial charge in [-0.15, -0.1) is 0 Å². The van der Waals surface area contributed by atoms with Gasteiger partial charge in [0, 0.05) is 18.2 Å². The van der Waals surface area contributed by atoms with Crippen LogP contribution in [0.25, 0.3) is 0 Å². The summed E-state index contributed by atoms with van der Waals surface area (Å²) in [6.45, 7) is 8.03. The molecule has 5 atom stereocenters. The Morgan fingerprint density at radius 1 is 1.07 bits per heavy atom. The summed E-state index contributed by atoms with van der Waals surface area (Å²) in [5.41, 5.74) is -0.657. The molecule has 2 amide bonds. The number of halogens is 1. The average Bonchev–Trinajstić information content (AvgIpc) is 3.53. The maximum atomic E-state index is 15.0. The number of carboxylic acids is 1. The Morgan fingerprint density at radius 2 is 1.73 bits per heavy atom. The summed E-state index contributed by atoms with van der Waals surface area (Å²) in [4.78, 5) is 38.6. The van der Waals surface area contributed by atoms with Crippen LogP contribution in [-0.4, -0.2) is 48.2 Å². The van der Waals surface area contributed by atoms with Crippen LogP contribution in [0.3, 0.4) is 0 Å². The van der Waals surface area contributed by atoms with Crippen LogP contribution < -0.4 is 20.1 Å². The van der Waals surface area contributed by atoms with Gasteiger partial charge in [-0.2, -0.15) is 0 Å². The first-order chi connectivity index (χ1) is 19.0. The summed E-state index contributed by atoms with van der Waals surface area (Å²) >= 11 is 0. The molecule has 0 spiro atoms. The van der Waals surface area contributed by atoms with Crippen molar-refractivity contribution >= 4 is 17.8 Å². The smallest absolute Gasteiger partial charge is 0.309 e. The second-order valence-electron chi connectivity index (χ2n) is 12.4. The minimum absolute atomic E-state index is 0.00217. The van der Waals surface area contributed by atoms with E-state index in [0.717, 1.165) is 38.2 Å². The van der Waals surface area contributed by atoms with E-state index < -0.39 is 23.1 Å². The van der Waals surface area contributed by atoms with Crippen molar-refractivity contribution in [2.24, 2.45) is 29.1 Å². The third-order valence-corrected chi connectivity index (χ3v) is 9.99. The molecule has 0 heterocycles. The molecule has 222 valence electrons.